The standard InChI is InChI=1S/C14H19N3O2/c18-11-1-2-12-5-9-17(10-6-12)16-14(19)13-3-7-15-8-4-13/h3-5,7-8,18H,1-2,6,9-11H2,(H,16,19). The Morgan fingerprint density at radius 3 is 2.84 bits per heavy atom. The fraction of sp³-hybridized carbons (Fsp3) is 0.429. The van der Waals surface area contributed by atoms with Gasteiger partial charge in [0.15, 0.2) is 0 Å². The van der Waals surface area contributed by atoms with Crippen LogP contribution in [0.2, 0.25) is 0 Å². The van der Waals surface area contributed by atoms with Gasteiger partial charge < -0.3 is 5.11 Å². The number of carbonyl (C=O) groups excluding carboxylic acids is 1. The third kappa shape index (κ3) is 4.15. The van der Waals surface area contributed by atoms with Gasteiger partial charge in [-0.1, -0.05) is 11.6 Å². The highest BCUT2D eigenvalue weighted by Crippen LogP contribution is 2.14. The number of aromatic nitrogens is 1. The van der Waals surface area contributed by atoms with Crippen LogP contribution in [0.1, 0.15) is 29.6 Å². The Kier molecular flexibility index (Phi) is 5.06. The third-order valence-electron chi connectivity index (χ3n) is 3.16. The molecule has 5 nitrogen and oxygen atoms in total. The van der Waals surface area contributed by atoms with Crippen molar-refractivity contribution < 1.29 is 9.90 Å². The molecular formula is C14H19N3O2. The highest BCUT2D eigenvalue weighted by molar-refractivity contribution is 5.93. The van der Waals surface area contributed by atoms with Crippen LogP contribution in [-0.2, 0) is 0 Å². The van der Waals surface area contributed by atoms with Gasteiger partial charge in [-0.3, -0.25) is 15.2 Å². The summed E-state index contributed by atoms with van der Waals surface area (Å²) in [5, 5.41) is 10.7. The minimum atomic E-state index is -0.102. The Balaban J connectivity index is 1.82. The van der Waals surface area contributed by atoms with E-state index in [1.54, 1.807) is 24.5 Å². The molecule has 0 aliphatic carbocycles. The number of hydrogen-bond acceptors (Lipinski definition) is 4. The average molecular weight is 261 g/mol. The lowest BCUT2D eigenvalue weighted by Crippen LogP contribution is -2.44. The number of nitrogens with zero attached hydrogens (tertiary/aromatic N) is 2. The zero-order valence-corrected chi connectivity index (χ0v) is 10.9. The van der Waals surface area contributed by atoms with E-state index in [0.717, 1.165) is 32.4 Å². The summed E-state index contributed by atoms with van der Waals surface area (Å²) >= 11 is 0. The fourth-order valence-corrected chi connectivity index (χ4v) is 2.06. The van der Waals surface area contributed by atoms with Crippen LogP contribution in [0, 0.1) is 0 Å². The summed E-state index contributed by atoms with van der Waals surface area (Å²) in [6.07, 6.45) is 8.05. The second-order valence-corrected chi connectivity index (χ2v) is 4.56. The van der Waals surface area contributed by atoms with Gasteiger partial charge in [0.25, 0.3) is 5.91 Å². The van der Waals surface area contributed by atoms with Gasteiger partial charge in [0.2, 0.25) is 0 Å². The largest absolute Gasteiger partial charge is 0.396 e. The molecule has 0 bridgehead atoms. The maximum Gasteiger partial charge on any atom is 0.265 e. The van der Waals surface area contributed by atoms with Crippen molar-refractivity contribution in [1.29, 1.82) is 0 Å². The summed E-state index contributed by atoms with van der Waals surface area (Å²) in [6, 6.07) is 3.39. The monoisotopic (exact) mass is 261 g/mol. The van der Waals surface area contributed by atoms with E-state index < -0.39 is 0 Å². The van der Waals surface area contributed by atoms with E-state index in [-0.39, 0.29) is 12.5 Å². The smallest absolute Gasteiger partial charge is 0.265 e. The number of pyridine rings is 1. The molecule has 1 aliphatic heterocycles. The number of rotatable bonds is 5. The van der Waals surface area contributed by atoms with Gasteiger partial charge in [-0.05, 0) is 31.4 Å². The number of aliphatic hydroxyl groups is 1. The summed E-state index contributed by atoms with van der Waals surface area (Å²) in [7, 11) is 0. The first-order valence-corrected chi connectivity index (χ1v) is 6.54. The van der Waals surface area contributed by atoms with Crippen LogP contribution in [0.15, 0.2) is 36.2 Å². The van der Waals surface area contributed by atoms with Crippen LogP contribution in [0.25, 0.3) is 0 Å². The van der Waals surface area contributed by atoms with Crippen LogP contribution in [0.4, 0.5) is 0 Å². The third-order valence-corrected chi connectivity index (χ3v) is 3.16. The minimum absolute atomic E-state index is 0.102. The van der Waals surface area contributed by atoms with Crippen LogP contribution in [0.3, 0.4) is 0 Å². The lowest BCUT2D eigenvalue weighted by molar-refractivity contribution is 0.0801. The van der Waals surface area contributed by atoms with E-state index in [9.17, 15) is 4.79 Å². The van der Waals surface area contributed by atoms with E-state index >= 15 is 0 Å². The quantitative estimate of drug-likeness (QED) is 0.780. The molecule has 1 aromatic rings. The predicted molar refractivity (Wildman–Crippen MR) is 72.3 cm³/mol. The predicted octanol–water partition coefficient (Wildman–Crippen LogP) is 1.13. The second-order valence-electron chi connectivity index (χ2n) is 4.56. The normalized spacial score (nSPS) is 15.9. The molecular weight excluding hydrogens is 242 g/mol. The first-order valence-electron chi connectivity index (χ1n) is 6.54. The van der Waals surface area contributed by atoms with E-state index in [0.29, 0.717) is 5.56 Å². The van der Waals surface area contributed by atoms with Crippen LogP contribution in [-0.4, -0.2) is 40.7 Å². The minimum Gasteiger partial charge on any atom is -0.396 e. The van der Waals surface area contributed by atoms with Crippen molar-refractivity contribution in [3.8, 4) is 0 Å². The van der Waals surface area contributed by atoms with Crippen LogP contribution in [0.5, 0.6) is 0 Å². The molecule has 1 aromatic heterocycles. The number of carbonyl (C=O) groups is 1. The Bertz CT molecular complexity index is 445. The van der Waals surface area contributed by atoms with Gasteiger partial charge in [0, 0.05) is 37.7 Å². The Morgan fingerprint density at radius 1 is 1.42 bits per heavy atom. The maximum atomic E-state index is 11.9. The second kappa shape index (κ2) is 7.01. The Morgan fingerprint density at radius 2 is 2.21 bits per heavy atom. The summed E-state index contributed by atoms with van der Waals surface area (Å²) in [5.41, 5.74) is 4.86. The number of amides is 1. The summed E-state index contributed by atoms with van der Waals surface area (Å²) in [5.74, 6) is -0.102. The van der Waals surface area contributed by atoms with Gasteiger partial charge in [0.05, 0.1) is 0 Å². The summed E-state index contributed by atoms with van der Waals surface area (Å²) < 4.78 is 0. The van der Waals surface area contributed by atoms with Crippen molar-refractivity contribution in [2.24, 2.45) is 0 Å². The van der Waals surface area contributed by atoms with E-state index in [1.807, 2.05) is 5.01 Å². The van der Waals surface area contributed by atoms with Gasteiger partial charge in [-0.2, -0.15) is 0 Å². The Hall–Kier alpha value is -1.72. The van der Waals surface area contributed by atoms with Crippen molar-refractivity contribution in [3.63, 3.8) is 0 Å². The van der Waals surface area contributed by atoms with Crippen molar-refractivity contribution in [3.05, 3.63) is 41.7 Å². The zero-order valence-electron chi connectivity index (χ0n) is 10.9. The molecule has 0 aromatic carbocycles. The molecule has 2 N–H and O–H groups in total. The highest BCUT2D eigenvalue weighted by atomic mass is 16.2. The van der Waals surface area contributed by atoms with Crippen molar-refractivity contribution in [2.75, 3.05) is 19.7 Å². The topological polar surface area (TPSA) is 65.5 Å². The highest BCUT2D eigenvalue weighted by Gasteiger charge is 2.14. The van der Waals surface area contributed by atoms with E-state index in [2.05, 4.69) is 16.5 Å². The molecule has 0 spiro atoms. The molecule has 5 heteroatoms. The van der Waals surface area contributed by atoms with E-state index in [4.69, 9.17) is 5.11 Å². The first kappa shape index (κ1) is 13.7. The molecule has 1 amide bonds. The van der Waals surface area contributed by atoms with Gasteiger partial charge in [0.1, 0.15) is 0 Å². The number of nitrogens with one attached hydrogen (secondary N) is 1. The zero-order chi connectivity index (χ0) is 13.5. The van der Waals surface area contributed by atoms with Gasteiger partial charge in [-0.15, -0.1) is 0 Å². The average Bonchev–Trinajstić information content (AvgIpc) is 2.47. The van der Waals surface area contributed by atoms with Gasteiger partial charge >= 0.3 is 0 Å². The van der Waals surface area contributed by atoms with Crippen molar-refractivity contribution in [2.45, 2.75) is 19.3 Å². The van der Waals surface area contributed by atoms with Crippen molar-refractivity contribution in [1.82, 2.24) is 15.4 Å². The molecule has 2 heterocycles. The lowest BCUT2D eigenvalue weighted by atomic mass is 10.0. The number of aliphatic hydroxyl groups excluding tert-OH is 1. The molecule has 0 atom stereocenters. The van der Waals surface area contributed by atoms with Gasteiger partial charge in [-0.25, -0.2) is 5.01 Å². The molecule has 0 saturated heterocycles. The summed E-state index contributed by atoms with van der Waals surface area (Å²) in [6.45, 7) is 1.77. The van der Waals surface area contributed by atoms with Crippen molar-refractivity contribution >= 4 is 5.91 Å². The van der Waals surface area contributed by atoms with E-state index in [1.165, 1.54) is 5.57 Å². The number of hydrogen-bond donors (Lipinski definition) is 2. The lowest BCUT2D eigenvalue weighted by Gasteiger charge is -2.26. The fourth-order valence-electron chi connectivity index (χ4n) is 2.06. The first-order chi connectivity index (χ1) is 9.29. The van der Waals surface area contributed by atoms with Crippen LogP contribution >= 0.6 is 0 Å². The summed E-state index contributed by atoms with van der Waals surface area (Å²) in [4.78, 5) is 15.8. The molecule has 2 rings (SSSR count). The molecule has 0 radical (unpaired) electrons. The molecule has 0 fully saturated rings. The van der Waals surface area contributed by atoms with Crippen LogP contribution < -0.4 is 5.43 Å². The SMILES string of the molecule is O=C(NN1CC=C(CCCO)CC1)c1ccncc1. The molecule has 1 aliphatic rings. The maximum absolute atomic E-state index is 11.9. The molecule has 19 heavy (non-hydrogen) atoms. The Labute approximate surface area is 112 Å². The number of hydrazine groups is 1. The molecule has 102 valence electrons. The molecule has 0 unspecified atom stereocenters. The molecule has 0 saturated carbocycles.